The zero-order chi connectivity index (χ0) is 21.8. The Hall–Kier alpha value is -1.56. The molecule has 0 saturated heterocycles. The van der Waals surface area contributed by atoms with Gasteiger partial charge in [-0.05, 0) is 31.0 Å². The van der Waals surface area contributed by atoms with Gasteiger partial charge in [0.1, 0.15) is 11.8 Å². The molecule has 1 atom stereocenters. The third-order valence-electron chi connectivity index (χ3n) is 3.64. The lowest BCUT2D eigenvalue weighted by Crippen LogP contribution is -2.45. The number of nitrogens with zero attached hydrogens (tertiary/aromatic N) is 3. The van der Waals surface area contributed by atoms with E-state index in [0.29, 0.717) is 16.1 Å². The first-order valence-electron chi connectivity index (χ1n) is 8.63. The molecule has 1 N–H and O–H groups in total. The Bertz CT molecular complexity index is 965. The summed E-state index contributed by atoms with van der Waals surface area (Å²) >= 11 is 8.84. The highest BCUT2D eigenvalue weighted by atomic mass is 35.5. The van der Waals surface area contributed by atoms with Gasteiger partial charge in [-0.25, -0.2) is 8.42 Å². The smallest absolute Gasteiger partial charge is 0.249 e. The molecule has 0 fully saturated rings. The minimum Gasteiger partial charge on any atom is -0.495 e. The molecule has 29 heavy (non-hydrogen) atoms. The Labute approximate surface area is 184 Å². The highest BCUT2D eigenvalue weighted by Crippen LogP contribution is 2.34. The number of nitrogens with one attached hydrogen (secondary N) is 1. The van der Waals surface area contributed by atoms with Crippen LogP contribution in [0.15, 0.2) is 22.5 Å². The van der Waals surface area contributed by atoms with Gasteiger partial charge in [0.15, 0.2) is 4.34 Å². The maximum Gasteiger partial charge on any atom is 0.249 e. The van der Waals surface area contributed by atoms with Crippen LogP contribution in [-0.4, -0.2) is 49.7 Å². The van der Waals surface area contributed by atoms with Crippen molar-refractivity contribution >= 4 is 61.4 Å². The predicted octanol–water partition coefficient (Wildman–Crippen LogP) is 3.74. The number of amides is 1. The molecule has 8 nitrogen and oxygen atoms in total. The first-order chi connectivity index (χ1) is 13.5. The number of carbonyl (C=O) groups excluding carboxylic acids is 1. The van der Waals surface area contributed by atoms with E-state index in [1.807, 2.05) is 0 Å². The molecule has 1 aromatic heterocycles. The van der Waals surface area contributed by atoms with E-state index in [1.54, 1.807) is 23.9 Å². The van der Waals surface area contributed by atoms with Gasteiger partial charge in [-0.2, -0.15) is 0 Å². The van der Waals surface area contributed by atoms with E-state index in [4.69, 9.17) is 16.3 Å². The van der Waals surface area contributed by atoms with Gasteiger partial charge in [-0.3, -0.25) is 14.4 Å². The van der Waals surface area contributed by atoms with Crippen LogP contribution in [0, 0.1) is 5.92 Å². The molecule has 0 radical (unpaired) electrons. The van der Waals surface area contributed by atoms with Crippen LogP contribution < -0.4 is 14.4 Å². The van der Waals surface area contributed by atoms with Gasteiger partial charge in [0.05, 0.1) is 19.1 Å². The largest absolute Gasteiger partial charge is 0.495 e. The number of sulfonamides is 1. The lowest BCUT2D eigenvalue weighted by Gasteiger charge is -2.29. The van der Waals surface area contributed by atoms with E-state index in [2.05, 4.69) is 29.4 Å². The van der Waals surface area contributed by atoms with Crippen LogP contribution in [0.3, 0.4) is 0 Å². The normalized spacial score (nSPS) is 12.7. The van der Waals surface area contributed by atoms with Gasteiger partial charge in [-0.1, -0.05) is 48.5 Å². The summed E-state index contributed by atoms with van der Waals surface area (Å²) in [7, 11) is -2.41. The second kappa shape index (κ2) is 9.96. The van der Waals surface area contributed by atoms with Gasteiger partial charge < -0.3 is 4.74 Å². The fraction of sp³-hybridized carbons (Fsp3) is 0.471. The van der Waals surface area contributed by atoms with E-state index >= 15 is 0 Å². The summed E-state index contributed by atoms with van der Waals surface area (Å²) in [5, 5.41) is 11.3. The number of ether oxygens (including phenoxy) is 1. The van der Waals surface area contributed by atoms with Crippen LogP contribution in [0.5, 0.6) is 5.75 Å². The van der Waals surface area contributed by atoms with E-state index < -0.39 is 22.0 Å². The van der Waals surface area contributed by atoms with E-state index in [1.165, 1.54) is 31.4 Å². The fourth-order valence-electron chi connectivity index (χ4n) is 2.38. The molecule has 0 spiro atoms. The van der Waals surface area contributed by atoms with Crippen molar-refractivity contribution in [3.05, 3.63) is 23.2 Å². The van der Waals surface area contributed by atoms with Crippen LogP contribution in [-0.2, 0) is 14.8 Å². The van der Waals surface area contributed by atoms with Gasteiger partial charge in [0, 0.05) is 10.8 Å². The number of halogens is 1. The molecule has 2 rings (SSSR count). The standard InChI is InChI=1S/C17H23ClN4O4S3/c1-10(2)9-27-17-21-20-16(28-17)19-15(23)11(3)22(29(5,24)25)13-8-12(18)6-7-14(13)26-4/h6-8,10-11H,9H2,1-5H3,(H,19,20,23)/t11-/m1/s1. The van der Waals surface area contributed by atoms with Gasteiger partial charge in [-0.15, -0.1) is 10.2 Å². The molecular weight excluding hydrogens is 456 g/mol. The number of methoxy groups -OCH3 is 1. The summed E-state index contributed by atoms with van der Waals surface area (Å²) in [5.41, 5.74) is 0.176. The van der Waals surface area contributed by atoms with Gasteiger partial charge in [0.2, 0.25) is 21.1 Å². The molecule has 1 amide bonds. The second-order valence-corrected chi connectivity index (χ2v) is 11.2. The molecule has 2 aromatic rings. The molecule has 12 heteroatoms. The van der Waals surface area contributed by atoms with Crippen molar-refractivity contribution < 1.29 is 17.9 Å². The number of hydrogen-bond acceptors (Lipinski definition) is 8. The van der Waals surface area contributed by atoms with E-state index in [0.717, 1.165) is 20.7 Å². The van der Waals surface area contributed by atoms with Crippen molar-refractivity contribution in [1.29, 1.82) is 0 Å². The minimum absolute atomic E-state index is 0.176. The zero-order valence-corrected chi connectivity index (χ0v) is 19.9. The Morgan fingerprint density at radius 1 is 1.34 bits per heavy atom. The molecule has 0 unspecified atom stereocenters. The number of aromatic nitrogens is 2. The molecule has 0 aliphatic carbocycles. The molecule has 0 aliphatic rings. The van der Waals surface area contributed by atoms with E-state index in [9.17, 15) is 13.2 Å². The van der Waals surface area contributed by atoms with Crippen molar-refractivity contribution in [2.45, 2.75) is 31.2 Å². The van der Waals surface area contributed by atoms with Crippen molar-refractivity contribution in [2.75, 3.05) is 28.7 Å². The second-order valence-electron chi connectivity index (χ2n) is 6.62. The van der Waals surface area contributed by atoms with Gasteiger partial charge in [0.25, 0.3) is 0 Å². The average molecular weight is 479 g/mol. The molecule has 1 aromatic carbocycles. The van der Waals surface area contributed by atoms with Crippen LogP contribution >= 0.6 is 34.7 Å². The first kappa shape index (κ1) is 23.7. The SMILES string of the molecule is COc1ccc(Cl)cc1N([C@H](C)C(=O)Nc1nnc(SCC(C)C)s1)S(C)(=O)=O. The maximum absolute atomic E-state index is 12.8. The molecule has 1 heterocycles. The third-order valence-corrected chi connectivity index (χ3v) is 7.51. The number of hydrogen-bond donors (Lipinski definition) is 1. The Kier molecular flexibility index (Phi) is 8.15. The number of carbonyl (C=O) groups is 1. The molecule has 0 bridgehead atoms. The summed E-state index contributed by atoms with van der Waals surface area (Å²) in [6, 6.07) is 3.49. The highest BCUT2D eigenvalue weighted by molar-refractivity contribution is 8.01. The van der Waals surface area contributed by atoms with Crippen molar-refractivity contribution in [3.8, 4) is 5.75 Å². The van der Waals surface area contributed by atoms with Gasteiger partial charge >= 0.3 is 0 Å². The quantitative estimate of drug-likeness (QED) is 0.432. The fourth-order valence-corrected chi connectivity index (χ4v) is 5.45. The van der Waals surface area contributed by atoms with Crippen LogP contribution in [0.4, 0.5) is 10.8 Å². The Morgan fingerprint density at radius 3 is 2.62 bits per heavy atom. The van der Waals surface area contributed by atoms with Crippen molar-refractivity contribution in [2.24, 2.45) is 5.92 Å². The Morgan fingerprint density at radius 2 is 2.03 bits per heavy atom. The van der Waals surface area contributed by atoms with Crippen molar-refractivity contribution in [1.82, 2.24) is 10.2 Å². The third kappa shape index (κ3) is 6.46. The van der Waals surface area contributed by atoms with Crippen molar-refractivity contribution in [3.63, 3.8) is 0 Å². The topological polar surface area (TPSA) is 101 Å². The van der Waals surface area contributed by atoms with E-state index in [-0.39, 0.29) is 11.4 Å². The molecular formula is C17H23ClN4O4S3. The zero-order valence-electron chi connectivity index (χ0n) is 16.7. The summed E-state index contributed by atoms with van der Waals surface area (Å²) < 4.78 is 31.9. The van der Waals surface area contributed by atoms with Crippen LogP contribution in [0.2, 0.25) is 5.02 Å². The summed E-state index contributed by atoms with van der Waals surface area (Å²) in [5.74, 6) is 1.12. The van der Waals surface area contributed by atoms with Crippen LogP contribution in [0.25, 0.3) is 0 Å². The van der Waals surface area contributed by atoms with Crippen LogP contribution in [0.1, 0.15) is 20.8 Å². The predicted molar refractivity (Wildman–Crippen MR) is 119 cm³/mol. The highest BCUT2D eigenvalue weighted by Gasteiger charge is 2.32. The number of benzene rings is 1. The molecule has 0 saturated carbocycles. The summed E-state index contributed by atoms with van der Waals surface area (Å²) in [4.78, 5) is 12.8. The number of rotatable bonds is 9. The number of thioether (sulfide) groups is 1. The summed E-state index contributed by atoms with van der Waals surface area (Å²) in [6.07, 6.45) is 1.02. The maximum atomic E-state index is 12.8. The first-order valence-corrected chi connectivity index (χ1v) is 12.7. The Balaban J connectivity index is 2.25. The lowest BCUT2D eigenvalue weighted by atomic mass is 10.2. The summed E-state index contributed by atoms with van der Waals surface area (Å²) in [6.45, 7) is 5.68. The monoisotopic (exact) mass is 478 g/mol. The average Bonchev–Trinajstić information content (AvgIpc) is 3.06. The minimum atomic E-state index is -3.82. The number of anilines is 2. The molecule has 0 aliphatic heterocycles. The molecule has 160 valence electrons. The lowest BCUT2D eigenvalue weighted by molar-refractivity contribution is -0.116.